The fourth-order valence-corrected chi connectivity index (χ4v) is 2.23. The van der Waals surface area contributed by atoms with Gasteiger partial charge in [0.15, 0.2) is 0 Å². The summed E-state index contributed by atoms with van der Waals surface area (Å²) in [6, 6.07) is 4.40. The number of nitrogen functional groups attached to an aromatic ring is 1. The molecule has 0 bridgehead atoms. The van der Waals surface area contributed by atoms with Crippen LogP contribution in [0.3, 0.4) is 0 Å². The number of halogens is 1. The van der Waals surface area contributed by atoms with E-state index >= 15 is 0 Å². The first-order chi connectivity index (χ1) is 8.52. The van der Waals surface area contributed by atoms with Crippen LogP contribution in [0.1, 0.15) is 17.3 Å². The lowest BCUT2D eigenvalue weighted by atomic mass is 10.1. The highest BCUT2D eigenvalue weighted by Crippen LogP contribution is 2.24. The number of nitrogens with two attached hydrogens (primary N) is 1. The Morgan fingerprint density at radius 2 is 2.28 bits per heavy atom. The van der Waals surface area contributed by atoms with Crippen LogP contribution in [-0.2, 0) is 4.79 Å². The molecule has 96 valence electrons. The van der Waals surface area contributed by atoms with Crippen molar-refractivity contribution in [3.63, 3.8) is 0 Å². The van der Waals surface area contributed by atoms with Gasteiger partial charge in [-0.1, -0.05) is 17.7 Å². The van der Waals surface area contributed by atoms with Crippen LogP contribution >= 0.6 is 11.6 Å². The van der Waals surface area contributed by atoms with E-state index in [0.717, 1.165) is 0 Å². The molecule has 1 aromatic carbocycles. The van der Waals surface area contributed by atoms with Gasteiger partial charge in [-0.25, -0.2) is 0 Å². The van der Waals surface area contributed by atoms with Gasteiger partial charge in [-0.15, -0.1) is 0 Å². The number of rotatable bonds is 1. The van der Waals surface area contributed by atoms with Crippen molar-refractivity contribution in [3.05, 3.63) is 28.8 Å². The lowest BCUT2D eigenvalue weighted by molar-refractivity contribution is -0.127. The number of nitrogens with zero attached hydrogens (tertiary/aromatic N) is 1. The molecule has 0 radical (unpaired) electrons. The van der Waals surface area contributed by atoms with Crippen molar-refractivity contribution in [1.29, 1.82) is 0 Å². The second kappa shape index (κ2) is 4.86. The first kappa shape index (κ1) is 12.7. The Morgan fingerprint density at radius 3 is 2.94 bits per heavy atom. The van der Waals surface area contributed by atoms with Gasteiger partial charge in [0.1, 0.15) is 6.04 Å². The Balaban J connectivity index is 2.34. The van der Waals surface area contributed by atoms with Gasteiger partial charge in [0, 0.05) is 18.8 Å². The number of nitrogens with one attached hydrogen (secondary N) is 1. The van der Waals surface area contributed by atoms with Crippen molar-refractivity contribution in [2.45, 2.75) is 13.0 Å². The number of carbonyl (C=O) groups excluding carboxylic acids is 2. The van der Waals surface area contributed by atoms with Crippen LogP contribution in [-0.4, -0.2) is 35.8 Å². The molecule has 3 N–H and O–H groups in total. The number of carbonyl (C=O) groups is 2. The van der Waals surface area contributed by atoms with Gasteiger partial charge in [-0.2, -0.15) is 0 Å². The highest BCUT2D eigenvalue weighted by Gasteiger charge is 2.31. The minimum Gasteiger partial charge on any atom is -0.398 e. The summed E-state index contributed by atoms with van der Waals surface area (Å²) in [5.74, 6) is -0.472. The molecule has 6 heteroatoms. The van der Waals surface area contributed by atoms with Crippen molar-refractivity contribution >= 4 is 29.1 Å². The summed E-state index contributed by atoms with van der Waals surface area (Å²) in [4.78, 5) is 25.4. The van der Waals surface area contributed by atoms with Crippen LogP contribution in [0.15, 0.2) is 18.2 Å². The van der Waals surface area contributed by atoms with Crippen molar-refractivity contribution < 1.29 is 9.59 Å². The zero-order valence-electron chi connectivity index (χ0n) is 9.94. The Morgan fingerprint density at radius 1 is 1.56 bits per heavy atom. The minimum absolute atomic E-state index is 0.166. The third-order valence-electron chi connectivity index (χ3n) is 3.02. The fraction of sp³-hybridized carbons (Fsp3) is 0.333. The van der Waals surface area contributed by atoms with Crippen LogP contribution < -0.4 is 11.1 Å². The summed E-state index contributed by atoms with van der Waals surface area (Å²) in [6.07, 6.45) is 0. The Bertz CT molecular complexity index is 484. The Hall–Kier alpha value is -1.75. The molecule has 1 saturated heterocycles. The molecule has 1 aliphatic rings. The normalized spacial score (nSPS) is 19.6. The number of piperazine rings is 1. The largest absolute Gasteiger partial charge is 0.398 e. The molecule has 1 heterocycles. The first-order valence-corrected chi connectivity index (χ1v) is 6.03. The Labute approximate surface area is 110 Å². The topological polar surface area (TPSA) is 75.4 Å². The van der Waals surface area contributed by atoms with Crippen molar-refractivity contribution in [2.24, 2.45) is 0 Å². The average Bonchev–Trinajstić information content (AvgIpc) is 2.32. The summed E-state index contributed by atoms with van der Waals surface area (Å²) in [5, 5.41) is 3.00. The van der Waals surface area contributed by atoms with E-state index in [1.54, 1.807) is 25.1 Å². The highest BCUT2D eigenvalue weighted by molar-refractivity contribution is 6.34. The molecule has 2 rings (SSSR count). The Kier molecular flexibility index (Phi) is 3.43. The summed E-state index contributed by atoms with van der Waals surface area (Å²) in [6.45, 7) is 2.58. The molecule has 1 aliphatic heterocycles. The van der Waals surface area contributed by atoms with Gasteiger partial charge < -0.3 is 16.0 Å². The van der Waals surface area contributed by atoms with Crippen LogP contribution in [0.4, 0.5) is 5.69 Å². The van der Waals surface area contributed by atoms with E-state index in [4.69, 9.17) is 17.3 Å². The number of benzene rings is 1. The van der Waals surface area contributed by atoms with E-state index in [-0.39, 0.29) is 17.4 Å². The number of hydrogen-bond acceptors (Lipinski definition) is 3. The molecule has 0 aromatic heterocycles. The molecule has 0 spiro atoms. The monoisotopic (exact) mass is 267 g/mol. The molecule has 0 aliphatic carbocycles. The molecule has 1 aromatic rings. The molecular weight excluding hydrogens is 254 g/mol. The quantitative estimate of drug-likeness (QED) is 0.742. The molecule has 5 nitrogen and oxygen atoms in total. The second-order valence-corrected chi connectivity index (χ2v) is 4.58. The van der Waals surface area contributed by atoms with Crippen molar-refractivity contribution in [2.75, 3.05) is 18.8 Å². The van der Waals surface area contributed by atoms with Gasteiger partial charge in [-0.05, 0) is 19.1 Å². The molecular formula is C12H14ClN3O2. The van der Waals surface area contributed by atoms with Crippen molar-refractivity contribution in [1.82, 2.24) is 10.2 Å². The van der Waals surface area contributed by atoms with E-state index in [0.29, 0.717) is 23.8 Å². The van der Waals surface area contributed by atoms with Gasteiger partial charge >= 0.3 is 0 Å². The maximum absolute atomic E-state index is 12.4. The second-order valence-electron chi connectivity index (χ2n) is 4.17. The SMILES string of the molecule is CC1C(=O)NCCN1C(=O)c1c(N)cccc1Cl. The van der Waals surface area contributed by atoms with Gasteiger partial charge in [0.05, 0.1) is 10.6 Å². The van der Waals surface area contributed by atoms with E-state index in [1.807, 2.05) is 0 Å². The zero-order valence-corrected chi connectivity index (χ0v) is 10.7. The van der Waals surface area contributed by atoms with Gasteiger partial charge in [-0.3, -0.25) is 9.59 Å². The predicted octanol–water partition coefficient (Wildman–Crippen LogP) is 0.883. The molecule has 2 amide bonds. The molecule has 1 unspecified atom stereocenters. The van der Waals surface area contributed by atoms with Crippen LogP contribution in [0.2, 0.25) is 5.02 Å². The summed E-state index contributed by atoms with van der Waals surface area (Å²) < 4.78 is 0. The lowest BCUT2D eigenvalue weighted by Crippen LogP contribution is -2.55. The van der Waals surface area contributed by atoms with Gasteiger partial charge in [0.25, 0.3) is 5.91 Å². The minimum atomic E-state index is -0.512. The maximum Gasteiger partial charge on any atom is 0.258 e. The maximum atomic E-state index is 12.4. The highest BCUT2D eigenvalue weighted by atomic mass is 35.5. The van der Waals surface area contributed by atoms with Crippen LogP contribution in [0.5, 0.6) is 0 Å². The summed E-state index contributed by atoms with van der Waals surface area (Å²) >= 11 is 6.00. The fourth-order valence-electron chi connectivity index (χ4n) is 1.97. The number of amides is 2. The smallest absolute Gasteiger partial charge is 0.258 e. The van der Waals surface area contributed by atoms with E-state index in [9.17, 15) is 9.59 Å². The molecule has 0 saturated carbocycles. The summed E-state index contributed by atoms with van der Waals surface area (Å²) in [7, 11) is 0. The molecule has 1 fully saturated rings. The predicted molar refractivity (Wildman–Crippen MR) is 69.4 cm³/mol. The van der Waals surface area contributed by atoms with Crippen LogP contribution in [0.25, 0.3) is 0 Å². The summed E-state index contributed by atoms with van der Waals surface area (Å²) in [5.41, 5.74) is 6.37. The first-order valence-electron chi connectivity index (χ1n) is 5.65. The van der Waals surface area contributed by atoms with Crippen LogP contribution in [0, 0.1) is 0 Å². The van der Waals surface area contributed by atoms with E-state index in [1.165, 1.54) is 4.90 Å². The third-order valence-corrected chi connectivity index (χ3v) is 3.33. The number of hydrogen-bond donors (Lipinski definition) is 2. The third kappa shape index (κ3) is 2.13. The molecule has 1 atom stereocenters. The lowest BCUT2D eigenvalue weighted by Gasteiger charge is -2.33. The van der Waals surface area contributed by atoms with E-state index in [2.05, 4.69) is 5.32 Å². The van der Waals surface area contributed by atoms with E-state index < -0.39 is 6.04 Å². The van der Waals surface area contributed by atoms with Gasteiger partial charge in [0.2, 0.25) is 5.91 Å². The zero-order chi connectivity index (χ0) is 13.3. The average molecular weight is 268 g/mol. The van der Waals surface area contributed by atoms with Crippen molar-refractivity contribution in [3.8, 4) is 0 Å². The number of anilines is 1. The molecule has 18 heavy (non-hydrogen) atoms. The standard InChI is InChI=1S/C12H14ClN3O2/c1-7-11(17)15-5-6-16(7)12(18)10-8(13)3-2-4-9(10)14/h2-4,7H,5-6,14H2,1H3,(H,15,17).